The Morgan fingerprint density at radius 2 is 2.04 bits per heavy atom. The van der Waals surface area contributed by atoms with Crippen LogP contribution in [0.1, 0.15) is 47.7 Å². The smallest absolute Gasteiger partial charge is 0.220 e. The summed E-state index contributed by atoms with van der Waals surface area (Å²) in [4.78, 5) is 16.6. The molecule has 0 saturated carbocycles. The Labute approximate surface area is 172 Å². The highest BCUT2D eigenvalue weighted by Gasteiger charge is 2.26. The third-order valence-electron chi connectivity index (χ3n) is 6.19. The maximum Gasteiger partial charge on any atom is 0.220 e. The van der Waals surface area contributed by atoms with Crippen LogP contribution in [-0.4, -0.2) is 37.0 Å². The summed E-state index contributed by atoms with van der Waals surface area (Å²) in [5.74, 6) is 0.906. The molecule has 5 heteroatoms. The first-order chi connectivity index (χ1) is 13.8. The molecule has 28 heavy (non-hydrogen) atoms. The fraction of sp³-hybridized carbons (Fsp3) is 0.522. The summed E-state index contributed by atoms with van der Waals surface area (Å²) in [5.41, 5.74) is 2.74. The zero-order valence-corrected chi connectivity index (χ0v) is 17.3. The lowest BCUT2D eigenvalue weighted by Crippen LogP contribution is -2.40. The largest absolute Gasteiger partial charge is 0.354 e. The van der Waals surface area contributed by atoms with Crippen molar-refractivity contribution in [2.45, 2.75) is 44.7 Å². The second-order valence-electron chi connectivity index (χ2n) is 8.05. The first-order valence-electron chi connectivity index (χ1n) is 10.6. The first kappa shape index (κ1) is 19.6. The van der Waals surface area contributed by atoms with Gasteiger partial charge in [-0.25, -0.2) is 0 Å². The van der Waals surface area contributed by atoms with Crippen LogP contribution in [0.15, 0.2) is 41.8 Å². The molecule has 4 nitrogen and oxygen atoms in total. The molecule has 2 aromatic rings. The number of nitrogens with zero attached hydrogens (tertiary/aromatic N) is 1. The quantitative estimate of drug-likeness (QED) is 0.748. The number of hydrogen-bond donors (Lipinski definition) is 2. The fourth-order valence-corrected chi connectivity index (χ4v) is 5.36. The van der Waals surface area contributed by atoms with Crippen molar-refractivity contribution in [3.05, 3.63) is 57.8 Å². The highest BCUT2D eigenvalue weighted by Crippen LogP contribution is 2.30. The second kappa shape index (κ2) is 9.68. The van der Waals surface area contributed by atoms with Crippen molar-refractivity contribution in [3.63, 3.8) is 0 Å². The van der Waals surface area contributed by atoms with Crippen molar-refractivity contribution in [2.75, 3.05) is 26.2 Å². The van der Waals surface area contributed by atoms with E-state index in [2.05, 4.69) is 57.3 Å². The normalized spacial score (nSPS) is 19.1. The van der Waals surface area contributed by atoms with Gasteiger partial charge in [0.2, 0.25) is 5.91 Å². The van der Waals surface area contributed by atoms with E-state index >= 15 is 0 Å². The molecular weight excluding hydrogens is 366 g/mol. The Morgan fingerprint density at radius 1 is 1.21 bits per heavy atom. The number of hydrogen-bond acceptors (Lipinski definition) is 4. The topological polar surface area (TPSA) is 44.4 Å². The summed E-state index contributed by atoms with van der Waals surface area (Å²) in [5, 5.41) is 8.84. The molecule has 1 amide bonds. The van der Waals surface area contributed by atoms with Crippen molar-refractivity contribution >= 4 is 17.2 Å². The monoisotopic (exact) mass is 397 g/mol. The van der Waals surface area contributed by atoms with Gasteiger partial charge >= 0.3 is 0 Å². The van der Waals surface area contributed by atoms with Gasteiger partial charge in [0.15, 0.2) is 0 Å². The number of carbonyl (C=O) groups excluding carboxylic acids is 1. The van der Waals surface area contributed by atoms with E-state index in [9.17, 15) is 4.79 Å². The van der Waals surface area contributed by atoms with E-state index in [4.69, 9.17) is 0 Å². The van der Waals surface area contributed by atoms with Crippen molar-refractivity contribution in [3.8, 4) is 0 Å². The van der Waals surface area contributed by atoms with Gasteiger partial charge in [-0.05, 0) is 67.3 Å². The van der Waals surface area contributed by atoms with Gasteiger partial charge in [0, 0.05) is 30.9 Å². The van der Waals surface area contributed by atoms with Gasteiger partial charge in [0.25, 0.3) is 0 Å². The van der Waals surface area contributed by atoms with E-state index in [1.54, 1.807) is 0 Å². The van der Waals surface area contributed by atoms with E-state index < -0.39 is 0 Å². The van der Waals surface area contributed by atoms with Crippen LogP contribution in [0.4, 0.5) is 0 Å². The van der Waals surface area contributed by atoms with Crippen LogP contribution >= 0.6 is 11.3 Å². The van der Waals surface area contributed by atoms with E-state index in [1.165, 1.54) is 28.8 Å². The van der Waals surface area contributed by atoms with Crippen molar-refractivity contribution in [1.82, 2.24) is 15.5 Å². The van der Waals surface area contributed by atoms with Crippen LogP contribution in [0.5, 0.6) is 0 Å². The van der Waals surface area contributed by atoms with Gasteiger partial charge in [0.1, 0.15) is 0 Å². The Hall–Kier alpha value is -1.69. The zero-order valence-electron chi connectivity index (χ0n) is 16.5. The van der Waals surface area contributed by atoms with E-state index in [0.717, 1.165) is 39.0 Å². The molecule has 0 spiro atoms. The average molecular weight is 398 g/mol. The average Bonchev–Trinajstić information content (AvgIpc) is 3.22. The number of rotatable bonds is 7. The molecule has 0 aliphatic carbocycles. The number of fused-ring (bicyclic) bond motifs is 1. The molecule has 150 valence electrons. The maximum absolute atomic E-state index is 12.5. The molecule has 1 unspecified atom stereocenters. The molecule has 1 aromatic heterocycles. The predicted molar refractivity (Wildman–Crippen MR) is 115 cm³/mol. The third kappa shape index (κ3) is 5.02. The lowest BCUT2D eigenvalue weighted by Gasteiger charge is -2.35. The number of thiophene rings is 1. The van der Waals surface area contributed by atoms with Gasteiger partial charge in [-0.15, -0.1) is 11.3 Å². The van der Waals surface area contributed by atoms with Crippen LogP contribution in [-0.2, 0) is 17.8 Å². The number of carbonyl (C=O) groups is 1. The predicted octanol–water partition coefficient (Wildman–Crippen LogP) is 3.74. The van der Waals surface area contributed by atoms with Crippen molar-refractivity contribution in [2.24, 2.45) is 5.92 Å². The van der Waals surface area contributed by atoms with Crippen LogP contribution in [0.25, 0.3) is 0 Å². The van der Waals surface area contributed by atoms with Crippen molar-refractivity contribution < 1.29 is 4.79 Å². The lowest BCUT2D eigenvalue weighted by atomic mass is 9.93. The number of nitrogens with one attached hydrogen (secondary N) is 2. The molecule has 1 aromatic carbocycles. The van der Waals surface area contributed by atoms with Gasteiger partial charge < -0.3 is 10.6 Å². The molecule has 0 radical (unpaired) electrons. The highest BCUT2D eigenvalue weighted by molar-refractivity contribution is 7.10. The second-order valence-corrected chi connectivity index (χ2v) is 9.05. The summed E-state index contributed by atoms with van der Waals surface area (Å²) in [6.45, 7) is 4.92. The number of benzene rings is 1. The molecule has 3 heterocycles. The third-order valence-corrected chi connectivity index (χ3v) is 7.22. The number of piperidine rings is 1. The van der Waals surface area contributed by atoms with Crippen LogP contribution < -0.4 is 10.6 Å². The van der Waals surface area contributed by atoms with E-state index in [0.29, 0.717) is 18.9 Å². The lowest BCUT2D eigenvalue weighted by molar-refractivity contribution is -0.121. The molecule has 2 aliphatic heterocycles. The summed E-state index contributed by atoms with van der Waals surface area (Å²) in [7, 11) is 0. The Morgan fingerprint density at radius 3 is 2.86 bits per heavy atom. The van der Waals surface area contributed by atoms with Gasteiger partial charge in [0.05, 0.1) is 6.04 Å². The fourth-order valence-electron chi connectivity index (χ4n) is 4.47. The number of amides is 1. The van der Waals surface area contributed by atoms with Crippen LogP contribution in [0, 0.1) is 5.92 Å². The summed E-state index contributed by atoms with van der Waals surface area (Å²) in [6, 6.07) is 13.1. The molecule has 2 N–H and O–H groups in total. The minimum atomic E-state index is 0.202. The molecule has 0 bridgehead atoms. The van der Waals surface area contributed by atoms with Gasteiger partial charge in [-0.3, -0.25) is 9.69 Å². The van der Waals surface area contributed by atoms with Gasteiger partial charge in [-0.1, -0.05) is 30.3 Å². The molecule has 1 fully saturated rings. The van der Waals surface area contributed by atoms with Gasteiger partial charge in [-0.2, -0.15) is 0 Å². The SMILES string of the molecule is O=C(CCC1CCNCC1)NCC(c1ccccc1)N1CCc2sccc2C1. The molecule has 2 aliphatic rings. The molecule has 1 saturated heterocycles. The van der Waals surface area contributed by atoms with Crippen LogP contribution in [0.2, 0.25) is 0 Å². The standard InChI is InChI=1S/C23H31N3OS/c27-23(7-6-18-8-12-24-13-9-18)25-16-21(19-4-2-1-3-5-19)26-14-10-22-20(17-26)11-15-28-22/h1-5,11,15,18,21,24H,6-10,12-14,16-17H2,(H,25,27). The Bertz CT molecular complexity index is 754. The Kier molecular flexibility index (Phi) is 6.78. The van der Waals surface area contributed by atoms with Crippen LogP contribution in [0.3, 0.4) is 0 Å². The summed E-state index contributed by atoms with van der Waals surface area (Å²) < 4.78 is 0. The molecule has 4 rings (SSSR count). The summed E-state index contributed by atoms with van der Waals surface area (Å²) >= 11 is 1.87. The molecular formula is C23H31N3OS. The maximum atomic E-state index is 12.5. The molecule has 1 atom stereocenters. The summed E-state index contributed by atoms with van der Waals surface area (Å²) in [6.07, 6.45) is 5.19. The van der Waals surface area contributed by atoms with E-state index in [-0.39, 0.29) is 11.9 Å². The minimum Gasteiger partial charge on any atom is -0.354 e. The van der Waals surface area contributed by atoms with Crippen molar-refractivity contribution in [1.29, 1.82) is 0 Å². The van der Waals surface area contributed by atoms with E-state index in [1.807, 2.05) is 11.3 Å². The first-order valence-corrected chi connectivity index (χ1v) is 11.5. The highest BCUT2D eigenvalue weighted by atomic mass is 32.1. The zero-order chi connectivity index (χ0) is 19.2. The Balaban J connectivity index is 1.35. The minimum absolute atomic E-state index is 0.202.